The lowest BCUT2D eigenvalue weighted by molar-refractivity contribution is 0.0575. The maximum atomic E-state index is 12.9. The molecule has 0 radical (unpaired) electrons. The van der Waals surface area contributed by atoms with Crippen LogP contribution in [0.25, 0.3) is 0 Å². The van der Waals surface area contributed by atoms with E-state index in [4.69, 9.17) is 4.74 Å². The first-order valence-corrected chi connectivity index (χ1v) is 8.77. The summed E-state index contributed by atoms with van der Waals surface area (Å²) in [5.41, 5.74) is 0.712. The molecule has 0 spiro atoms. The van der Waals surface area contributed by atoms with Crippen LogP contribution < -0.4 is 4.74 Å². The molecule has 25 heavy (non-hydrogen) atoms. The predicted octanol–water partition coefficient (Wildman–Crippen LogP) is 3.43. The van der Waals surface area contributed by atoms with E-state index in [0.29, 0.717) is 23.1 Å². The zero-order valence-electron chi connectivity index (χ0n) is 14.9. The van der Waals surface area contributed by atoms with Crippen LogP contribution in [-0.4, -0.2) is 53.9 Å². The van der Waals surface area contributed by atoms with Gasteiger partial charge >= 0.3 is 0 Å². The summed E-state index contributed by atoms with van der Waals surface area (Å²) in [6, 6.07) is 11.3. The number of likely N-dealkylation sites (N-methyl/N-ethyl adjacent to an activating group) is 1. The Hall–Kier alpha value is -2.40. The molecule has 1 aliphatic heterocycles. The monoisotopic (exact) mass is 339 g/mol. The summed E-state index contributed by atoms with van der Waals surface area (Å²) in [5, 5.41) is 0. The van der Waals surface area contributed by atoms with Gasteiger partial charge in [0.1, 0.15) is 11.5 Å². The standard InChI is InChI=1S/C20H25N3O2/c1-22(2)15-17-6-3-4-13-23(17)20(24)16-8-10-18(11-9-16)25-19-7-5-12-21-14-19/h5,7-12,14,17H,3-4,6,13,15H2,1-2H3. The number of amides is 1. The van der Waals surface area contributed by atoms with Crippen molar-refractivity contribution in [3.05, 3.63) is 54.4 Å². The van der Waals surface area contributed by atoms with Crippen LogP contribution in [0, 0.1) is 0 Å². The van der Waals surface area contributed by atoms with Gasteiger partial charge in [-0.05, 0) is 69.8 Å². The van der Waals surface area contributed by atoms with Crippen LogP contribution in [0.5, 0.6) is 11.5 Å². The summed E-state index contributed by atoms with van der Waals surface area (Å²) < 4.78 is 5.74. The van der Waals surface area contributed by atoms with E-state index in [9.17, 15) is 4.79 Å². The molecule has 1 fully saturated rings. The van der Waals surface area contributed by atoms with E-state index in [-0.39, 0.29) is 5.91 Å². The zero-order chi connectivity index (χ0) is 17.6. The molecule has 1 unspecified atom stereocenters. The van der Waals surface area contributed by atoms with Crippen LogP contribution in [-0.2, 0) is 0 Å². The molecular formula is C20H25N3O2. The lowest BCUT2D eigenvalue weighted by Gasteiger charge is -2.37. The van der Waals surface area contributed by atoms with E-state index in [1.165, 1.54) is 6.42 Å². The van der Waals surface area contributed by atoms with Crippen LogP contribution in [0.1, 0.15) is 29.6 Å². The SMILES string of the molecule is CN(C)CC1CCCCN1C(=O)c1ccc(Oc2cccnc2)cc1. The van der Waals surface area contributed by atoms with Gasteiger partial charge in [0, 0.05) is 30.9 Å². The van der Waals surface area contributed by atoms with Crippen molar-refractivity contribution < 1.29 is 9.53 Å². The van der Waals surface area contributed by atoms with Crippen molar-refractivity contribution in [1.82, 2.24) is 14.8 Å². The van der Waals surface area contributed by atoms with Crippen LogP contribution in [0.2, 0.25) is 0 Å². The number of carbonyl (C=O) groups is 1. The smallest absolute Gasteiger partial charge is 0.254 e. The van der Waals surface area contributed by atoms with Crippen molar-refractivity contribution in [2.45, 2.75) is 25.3 Å². The maximum Gasteiger partial charge on any atom is 0.254 e. The third-order valence-electron chi connectivity index (χ3n) is 4.44. The third kappa shape index (κ3) is 4.57. The summed E-state index contributed by atoms with van der Waals surface area (Å²) in [7, 11) is 4.11. The van der Waals surface area contributed by atoms with Gasteiger partial charge in [-0.15, -0.1) is 0 Å². The number of hydrogen-bond acceptors (Lipinski definition) is 4. The number of hydrogen-bond donors (Lipinski definition) is 0. The van der Waals surface area contributed by atoms with Gasteiger partial charge in [0.05, 0.1) is 6.20 Å². The molecule has 0 N–H and O–H groups in total. The molecule has 0 bridgehead atoms. The number of carbonyl (C=O) groups excluding carboxylic acids is 1. The van der Waals surface area contributed by atoms with Crippen LogP contribution in [0.15, 0.2) is 48.8 Å². The van der Waals surface area contributed by atoms with Crippen molar-refractivity contribution in [3.8, 4) is 11.5 Å². The first-order chi connectivity index (χ1) is 12.1. The van der Waals surface area contributed by atoms with E-state index < -0.39 is 0 Å². The number of pyridine rings is 1. The molecule has 0 aliphatic carbocycles. The topological polar surface area (TPSA) is 45.7 Å². The van der Waals surface area contributed by atoms with Gasteiger partial charge in [-0.3, -0.25) is 9.78 Å². The summed E-state index contributed by atoms with van der Waals surface area (Å²) in [4.78, 5) is 21.1. The Labute approximate surface area is 149 Å². The van der Waals surface area contributed by atoms with E-state index in [1.54, 1.807) is 12.4 Å². The van der Waals surface area contributed by atoms with E-state index in [0.717, 1.165) is 25.9 Å². The van der Waals surface area contributed by atoms with Crippen molar-refractivity contribution in [3.63, 3.8) is 0 Å². The summed E-state index contributed by atoms with van der Waals surface area (Å²) in [6.07, 6.45) is 6.72. The largest absolute Gasteiger partial charge is 0.456 e. The molecule has 3 rings (SSSR count). The lowest BCUT2D eigenvalue weighted by atomic mass is 10.0. The fourth-order valence-corrected chi connectivity index (χ4v) is 3.25. The number of piperidine rings is 1. The Morgan fingerprint density at radius 1 is 1.20 bits per heavy atom. The Morgan fingerprint density at radius 3 is 2.68 bits per heavy atom. The molecule has 132 valence electrons. The molecule has 1 atom stereocenters. The van der Waals surface area contributed by atoms with Gasteiger partial charge in [-0.2, -0.15) is 0 Å². The highest BCUT2D eigenvalue weighted by atomic mass is 16.5. The molecule has 2 heterocycles. The van der Waals surface area contributed by atoms with Crippen molar-refractivity contribution in [2.24, 2.45) is 0 Å². The minimum atomic E-state index is 0.111. The van der Waals surface area contributed by atoms with Crippen LogP contribution >= 0.6 is 0 Å². The van der Waals surface area contributed by atoms with Gasteiger partial charge in [0.2, 0.25) is 0 Å². The van der Waals surface area contributed by atoms with Gasteiger partial charge < -0.3 is 14.5 Å². The second kappa shape index (κ2) is 8.12. The number of ether oxygens (including phenoxy) is 1. The normalized spacial score (nSPS) is 17.6. The van der Waals surface area contributed by atoms with Gasteiger partial charge in [0.15, 0.2) is 0 Å². The van der Waals surface area contributed by atoms with Crippen LogP contribution in [0.4, 0.5) is 0 Å². The molecular weight excluding hydrogens is 314 g/mol. The number of rotatable bonds is 5. The zero-order valence-corrected chi connectivity index (χ0v) is 14.9. The fourth-order valence-electron chi connectivity index (χ4n) is 3.25. The molecule has 1 aromatic carbocycles. The summed E-state index contributed by atoms with van der Waals surface area (Å²) in [6.45, 7) is 1.75. The fraction of sp³-hybridized carbons (Fsp3) is 0.400. The van der Waals surface area contributed by atoms with Crippen molar-refractivity contribution in [2.75, 3.05) is 27.2 Å². The lowest BCUT2D eigenvalue weighted by Crippen LogP contribution is -2.48. The third-order valence-corrected chi connectivity index (χ3v) is 4.44. The number of likely N-dealkylation sites (tertiary alicyclic amines) is 1. The molecule has 5 nitrogen and oxygen atoms in total. The Kier molecular flexibility index (Phi) is 5.66. The number of aromatic nitrogens is 1. The second-order valence-corrected chi connectivity index (χ2v) is 6.73. The highest BCUT2D eigenvalue weighted by Crippen LogP contribution is 2.23. The quantitative estimate of drug-likeness (QED) is 0.837. The molecule has 2 aromatic rings. The number of nitrogens with zero attached hydrogens (tertiary/aromatic N) is 3. The average molecular weight is 339 g/mol. The summed E-state index contributed by atoms with van der Waals surface area (Å²) >= 11 is 0. The highest BCUT2D eigenvalue weighted by Gasteiger charge is 2.27. The minimum absolute atomic E-state index is 0.111. The summed E-state index contributed by atoms with van der Waals surface area (Å²) in [5.74, 6) is 1.50. The van der Waals surface area contributed by atoms with Gasteiger partial charge in [-0.1, -0.05) is 0 Å². The van der Waals surface area contributed by atoms with Crippen molar-refractivity contribution >= 4 is 5.91 Å². The molecule has 5 heteroatoms. The maximum absolute atomic E-state index is 12.9. The van der Waals surface area contributed by atoms with Gasteiger partial charge in [0.25, 0.3) is 5.91 Å². The first-order valence-electron chi connectivity index (χ1n) is 8.77. The van der Waals surface area contributed by atoms with E-state index in [2.05, 4.69) is 24.0 Å². The average Bonchev–Trinajstić information content (AvgIpc) is 2.63. The molecule has 1 saturated heterocycles. The molecule has 0 saturated carbocycles. The first kappa shape index (κ1) is 17.4. The van der Waals surface area contributed by atoms with E-state index in [1.807, 2.05) is 41.3 Å². The molecule has 1 aromatic heterocycles. The Bertz CT molecular complexity index is 686. The van der Waals surface area contributed by atoms with Gasteiger partial charge in [-0.25, -0.2) is 0 Å². The minimum Gasteiger partial charge on any atom is -0.456 e. The van der Waals surface area contributed by atoms with E-state index >= 15 is 0 Å². The number of benzene rings is 1. The van der Waals surface area contributed by atoms with Crippen LogP contribution in [0.3, 0.4) is 0 Å². The Balaban J connectivity index is 1.69. The second-order valence-electron chi connectivity index (χ2n) is 6.73. The highest BCUT2D eigenvalue weighted by molar-refractivity contribution is 5.94. The van der Waals surface area contributed by atoms with Crippen molar-refractivity contribution in [1.29, 1.82) is 0 Å². The predicted molar refractivity (Wildman–Crippen MR) is 98.0 cm³/mol. The Morgan fingerprint density at radius 2 is 2.00 bits per heavy atom. The molecule has 1 aliphatic rings. The molecule has 1 amide bonds.